The van der Waals surface area contributed by atoms with E-state index in [0.717, 1.165) is 39.0 Å². The molecular formula is C23H17N5O. The van der Waals surface area contributed by atoms with Gasteiger partial charge in [0.05, 0.1) is 18.8 Å². The number of hydrogen-bond donors (Lipinski definition) is 0. The molecule has 0 fully saturated rings. The minimum absolute atomic E-state index is 0.00913. The van der Waals surface area contributed by atoms with E-state index in [2.05, 4.69) is 44.4 Å². The first-order chi connectivity index (χ1) is 14.0. The maximum Gasteiger partial charge on any atom is 0.227 e. The van der Waals surface area contributed by atoms with Gasteiger partial charge < -0.3 is 14.2 Å². The second-order valence-corrected chi connectivity index (χ2v) is 7.23. The molecule has 0 amide bonds. The van der Waals surface area contributed by atoms with Gasteiger partial charge in [-0.3, -0.25) is 4.85 Å². The van der Waals surface area contributed by atoms with Crippen molar-refractivity contribution >= 4 is 50.5 Å². The minimum atomic E-state index is -0.00913. The summed E-state index contributed by atoms with van der Waals surface area (Å²) in [5.74, 6) is 0. The molecule has 140 valence electrons. The minimum Gasteiger partial charge on any atom is -0.438 e. The Morgan fingerprint density at radius 2 is 1.90 bits per heavy atom. The van der Waals surface area contributed by atoms with Crippen molar-refractivity contribution in [1.29, 1.82) is 0 Å². The number of furan rings is 1. The molecule has 1 aliphatic heterocycles. The second-order valence-electron chi connectivity index (χ2n) is 7.23. The molecule has 0 radical (unpaired) electrons. The van der Waals surface area contributed by atoms with Crippen molar-refractivity contribution in [2.75, 3.05) is 16.8 Å². The molecule has 2 aromatic carbocycles. The van der Waals surface area contributed by atoms with Gasteiger partial charge in [0.1, 0.15) is 11.7 Å². The Kier molecular flexibility index (Phi) is 3.53. The standard InChI is InChI=1S/C23H17N5O/c1-13-11-16-15-7-6-10-26-23(15)29-20(16)12-19(13)28-14(2)27(5)18-9-8-17(24-3)21(25-4)22(18)28/h6-12,14H,1-2,5H3/t14-/m0/s1. The molecule has 1 atom stereocenters. The van der Waals surface area contributed by atoms with Crippen molar-refractivity contribution < 1.29 is 4.42 Å². The average molecular weight is 379 g/mol. The van der Waals surface area contributed by atoms with Crippen LogP contribution in [0.2, 0.25) is 0 Å². The number of hydrogen-bond acceptors (Lipinski definition) is 4. The first-order valence-electron chi connectivity index (χ1n) is 9.27. The normalized spacial score (nSPS) is 15.6. The van der Waals surface area contributed by atoms with Gasteiger partial charge in [0, 0.05) is 41.5 Å². The second kappa shape index (κ2) is 5.98. The largest absolute Gasteiger partial charge is 0.438 e. The molecule has 0 saturated carbocycles. The molecule has 2 aromatic heterocycles. The van der Waals surface area contributed by atoms with Gasteiger partial charge in [-0.15, -0.1) is 0 Å². The first-order valence-corrected chi connectivity index (χ1v) is 9.27. The average Bonchev–Trinajstić information content (AvgIpc) is 3.21. The van der Waals surface area contributed by atoms with Gasteiger partial charge in [0.25, 0.3) is 0 Å². The molecule has 0 unspecified atom stereocenters. The number of aromatic nitrogens is 1. The van der Waals surface area contributed by atoms with Crippen molar-refractivity contribution in [2.45, 2.75) is 20.0 Å². The maximum atomic E-state index is 7.71. The number of benzene rings is 2. The molecule has 5 rings (SSSR count). The monoisotopic (exact) mass is 379 g/mol. The van der Waals surface area contributed by atoms with Gasteiger partial charge in [0.15, 0.2) is 5.69 Å². The molecule has 3 heterocycles. The molecular weight excluding hydrogens is 362 g/mol. The lowest BCUT2D eigenvalue weighted by Crippen LogP contribution is -2.35. The Balaban J connectivity index is 1.80. The Labute approximate surface area is 168 Å². The van der Waals surface area contributed by atoms with E-state index in [1.165, 1.54) is 0 Å². The van der Waals surface area contributed by atoms with Crippen LogP contribution in [0.1, 0.15) is 12.5 Å². The van der Waals surface area contributed by atoms with Gasteiger partial charge in [-0.1, -0.05) is 6.07 Å². The van der Waals surface area contributed by atoms with E-state index in [9.17, 15) is 0 Å². The van der Waals surface area contributed by atoms with Crippen LogP contribution in [0.25, 0.3) is 31.8 Å². The van der Waals surface area contributed by atoms with E-state index >= 15 is 0 Å². The van der Waals surface area contributed by atoms with Crippen LogP contribution >= 0.6 is 0 Å². The summed E-state index contributed by atoms with van der Waals surface area (Å²) < 4.78 is 6.00. The maximum absolute atomic E-state index is 7.71. The van der Waals surface area contributed by atoms with Crippen LogP contribution in [0.4, 0.5) is 28.4 Å². The van der Waals surface area contributed by atoms with Crippen molar-refractivity contribution in [1.82, 2.24) is 4.98 Å². The molecule has 1 aliphatic rings. The smallest absolute Gasteiger partial charge is 0.227 e. The Hall–Kier alpha value is -4.03. The highest BCUT2D eigenvalue weighted by atomic mass is 16.3. The van der Waals surface area contributed by atoms with E-state index in [4.69, 9.17) is 17.6 Å². The number of pyridine rings is 1. The van der Waals surface area contributed by atoms with Crippen LogP contribution in [0.15, 0.2) is 47.0 Å². The lowest BCUT2D eigenvalue weighted by atomic mass is 10.1. The molecule has 0 N–H and O–H groups in total. The van der Waals surface area contributed by atoms with Gasteiger partial charge in [-0.2, -0.15) is 0 Å². The molecule has 0 aliphatic carbocycles. The molecule has 0 spiro atoms. The third-order valence-electron chi connectivity index (χ3n) is 5.72. The van der Waals surface area contributed by atoms with E-state index < -0.39 is 0 Å². The predicted molar refractivity (Wildman–Crippen MR) is 115 cm³/mol. The molecule has 0 bridgehead atoms. The zero-order valence-electron chi connectivity index (χ0n) is 16.3. The number of fused-ring (bicyclic) bond motifs is 4. The van der Waals surface area contributed by atoms with E-state index in [-0.39, 0.29) is 6.17 Å². The zero-order valence-corrected chi connectivity index (χ0v) is 16.3. The van der Waals surface area contributed by atoms with Gasteiger partial charge in [-0.05, 0) is 43.7 Å². The summed E-state index contributed by atoms with van der Waals surface area (Å²) >= 11 is 0. The third kappa shape index (κ3) is 2.23. The van der Waals surface area contributed by atoms with Crippen molar-refractivity contribution in [3.63, 3.8) is 0 Å². The zero-order chi connectivity index (χ0) is 20.3. The fourth-order valence-electron chi connectivity index (χ4n) is 4.18. The number of nitrogens with zero attached hydrogens (tertiary/aromatic N) is 5. The van der Waals surface area contributed by atoms with Crippen molar-refractivity contribution in [3.05, 3.63) is 71.0 Å². The van der Waals surface area contributed by atoms with E-state index in [1.54, 1.807) is 12.3 Å². The highest BCUT2D eigenvalue weighted by molar-refractivity contribution is 6.06. The van der Waals surface area contributed by atoms with E-state index in [1.807, 2.05) is 31.3 Å². The summed E-state index contributed by atoms with van der Waals surface area (Å²) in [7, 11) is 2.01. The van der Waals surface area contributed by atoms with Gasteiger partial charge in [0.2, 0.25) is 11.4 Å². The first kappa shape index (κ1) is 17.1. The fourth-order valence-corrected chi connectivity index (χ4v) is 4.18. The summed E-state index contributed by atoms with van der Waals surface area (Å²) in [4.78, 5) is 15.9. The highest BCUT2D eigenvalue weighted by Crippen LogP contribution is 2.53. The fraction of sp³-hybridized carbons (Fsp3) is 0.174. The lowest BCUT2D eigenvalue weighted by molar-refractivity contribution is 0.653. The number of anilines is 3. The summed E-state index contributed by atoms with van der Waals surface area (Å²) in [6.45, 7) is 19.3. The molecule has 0 saturated heterocycles. The quantitative estimate of drug-likeness (QED) is 0.363. The molecule has 6 nitrogen and oxygen atoms in total. The van der Waals surface area contributed by atoms with Crippen molar-refractivity contribution in [2.24, 2.45) is 0 Å². The van der Waals surface area contributed by atoms with Crippen LogP contribution < -0.4 is 9.80 Å². The van der Waals surface area contributed by atoms with Gasteiger partial charge >= 0.3 is 0 Å². The van der Waals surface area contributed by atoms with Gasteiger partial charge in [-0.25, -0.2) is 9.83 Å². The molecule has 6 heteroatoms. The van der Waals surface area contributed by atoms with Crippen LogP contribution in [0, 0.1) is 20.1 Å². The summed E-state index contributed by atoms with van der Waals surface area (Å²) in [6.07, 6.45) is 1.71. The molecule has 4 aromatic rings. The van der Waals surface area contributed by atoms with Crippen molar-refractivity contribution in [3.8, 4) is 0 Å². The Morgan fingerprint density at radius 1 is 1.07 bits per heavy atom. The predicted octanol–water partition coefficient (Wildman–Crippen LogP) is 6.32. The van der Waals surface area contributed by atoms with Crippen LogP contribution in [-0.2, 0) is 0 Å². The summed E-state index contributed by atoms with van der Waals surface area (Å²) in [6, 6.07) is 11.7. The van der Waals surface area contributed by atoms with Crippen LogP contribution in [0.5, 0.6) is 0 Å². The van der Waals surface area contributed by atoms with Crippen LogP contribution in [-0.4, -0.2) is 18.2 Å². The van der Waals surface area contributed by atoms with Crippen LogP contribution in [0.3, 0.4) is 0 Å². The summed E-state index contributed by atoms with van der Waals surface area (Å²) in [5, 5.41) is 2.01. The number of rotatable bonds is 1. The lowest BCUT2D eigenvalue weighted by Gasteiger charge is -2.29. The van der Waals surface area contributed by atoms with E-state index in [0.29, 0.717) is 17.1 Å². The topological polar surface area (TPSA) is 41.2 Å². The Bertz CT molecular complexity index is 1390. The Morgan fingerprint density at radius 3 is 2.66 bits per heavy atom. The summed E-state index contributed by atoms with van der Waals surface area (Å²) in [5.41, 5.74) is 5.89. The SMILES string of the molecule is [C-]#[N+]c1ccc2c(c1[N+]#[C-])N(c1cc3oc4ncccc4c3cc1C)[C@@H](C)N2C. The highest BCUT2D eigenvalue weighted by Gasteiger charge is 2.35. The molecule has 29 heavy (non-hydrogen) atoms. The third-order valence-corrected chi connectivity index (χ3v) is 5.72. The number of aryl methyl sites for hydroxylation is 1.